The number of ether oxygens (including phenoxy) is 1. The maximum Gasteiger partial charge on any atom is 0.294 e. The lowest BCUT2D eigenvalue weighted by Crippen LogP contribution is -2.32. The van der Waals surface area contributed by atoms with Crippen LogP contribution >= 0.6 is 0 Å². The summed E-state index contributed by atoms with van der Waals surface area (Å²) < 4.78 is 5.03. The van der Waals surface area contributed by atoms with Crippen LogP contribution < -0.4 is 4.74 Å². The molecule has 0 unspecified atom stereocenters. The van der Waals surface area contributed by atoms with Gasteiger partial charge in [-0.05, 0) is 29.8 Å². The van der Waals surface area contributed by atoms with Gasteiger partial charge >= 0.3 is 0 Å². The highest BCUT2D eigenvalue weighted by molar-refractivity contribution is 6.42. The van der Waals surface area contributed by atoms with Crippen molar-refractivity contribution in [2.75, 3.05) is 14.2 Å². The molecule has 0 N–H and O–H groups in total. The first-order valence-corrected chi connectivity index (χ1v) is 6.59. The fourth-order valence-corrected chi connectivity index (χ4v) is 1.97. The van der Waals surface area contributed by atoms with E-state index in [4.69, 9.17) is 4.74 Å². The van der Waals surface area contributed by atoms with Crippen molar-refractivity contribution in [3.63, 3.8) is 0 Å². The second-order valence-corrected chi connectivity index (χ2v) is 4.70. The molecule has 4 nitrogen and oxygen atoms in total. The summed E-state index contributed by atoms with van der Waals surface area (Å²) in [4.78, 5) is 25.7. The van der Waals surface area contributed by atoms with Crippen LogP contribution in [-0.4, -0.2) is 30.7 Å². The molecule has 0 heterocycles. The number of methoxy groups -OCH3 is 1. The molecule has 0 aromatic heterocycles. The van der Waals surface area contributed by atoms with Gasteiger partial charge in [0.25, 0.3) is 5.91 Å². The van der Waals surface area contributed by atoms with Crippen molar-refractivity contribution in [1.29, 1.82) is 0 Å². The zero-order chi connectivity index (χ0) is 15.2. The van der Waals surface area contributed by atoms with Crippen LogP contribution in [-0.2, 0) is 11.3 Å². The number of hydrogen-bond donors (Lipinski definition) is 0. The summed E-state index contributed by atoms with van der Waals surface area (Å²) in [5.41, 5.74) is 1.34. The molecule has 0 saturated heterocycles. The Bertz CT molecular complexity index is 620. The molecule has 21 heavy (non-hydrogen) atoms. The summed E-state index contributed by atoms with van der Waals surface area (Å²) in [7, 11) is 3.17. The van der Waals surface area contributed by atoms with E-state index in [1.807, 2.05) is 30.3 Å². The van der Waals surface area contributed by atoms with Gasteiger partial charge in [-0.25, -0.2) is 0 Å². The van der Waals surface area contributed by atoms with E-state index >= 15 is 0 Å². The molecule has 0 fully saturated rings. The van der Waals surface area contributed by atoms with Gasteiger partial charge in [0.15, 0.2) is 0 Å². The zero-order valence-corrected chi connectivity index (χ0v) is 12.1. The van der Waals surface area contributed by atoms with Gasteiger partial charge in [-0.3, -0.25) is 9.59 Å². The predicted octanol–water partition coefficient (Wildman–Crippen LogP) is 2.54. The van der Waals surface area contributed by atoms with Gasteiger partial charge in [0, 0.05) is 19.2 Å². The number of likely N-dealkylation sites (N-methyl/N-ethyl adjacent to an activating group) is 1. The molecule has 2 rings (SSSR count). The van der Waals surface area contributed by atoms with Gasteiger partial charge in [0.1, 0.15) is 5.75 Å². The second kappa shape index (κ2) is 6.70. The van der Waals surface area contributed by atoms with Crippen molar-refractivity contribution in [2.24, 2.45) is 0 Å². The smallest absolute Gasteiger partial charge is 0.294 e. The third-order valence-electron chi connectivity index (χ3n) is 3.16. The molecule has 0 bridgehead atoms. The first kappa shape index (κ1) is 14.8. The highest BCUT2D eigenvalue weighted by Gasteiger charge is 2.20. The van der Waals surface area contributed by atoms with E-state index in [2.05, 4.69) is 0 Å². The van der Waals surface area contributed by atoms with Crippen molar-refractivity contribution >= 4 is 11.7 Å². The molecule has 0 aliphatic rings. The topological polar surface area (TPSA) is 46.6 Å². The molecular weight excluding hydrogens is 266 g/mol. The fraction of sp³-hybridized carbons (Fsp3) is 0.176. The van der Waals surface area contributed by atoms with Crippen LogP contribution in [0.1, 0.15) is 15.9 Å². The minimum Gasteiger partial charge on any atom is -0.497 e. The summed E-state index contributed by atoms with van der Waals surface area (Å²) in [6.07, 6.45) is 0. The number of rotatable bonds is 5. The van der Waals surface area contributed by atoms with Crippen molar-refractivity contribution < 1.29 is 14.3 Å². The fourth-order valence-electron chi connectivity index (χ4n) is 1.97. The summed E-state index contributed by atoms with van der Waals surface area (Å²) in [5, 5.41) is 0. The SMILES string of the molecule is COc1ccc(C(=O)C(=O)N(C)Cc2ccccc2)cc1. The van der Waals surface area contributed by atoms with E-state index in [0.717, 1.165) is 5.56 Å². The van der Waals surface area contributed by atoms with Crippen LogP contribution in [0.2, 0.25) is 0 Å². The lowest BCUT2D eigenvalue weighted by Gasteiger charge is -2.16. The molecule has 0 aliphatic carbocycles. The largest absolute Gasteiger partial charge is 0.497 e. The average Bonchev–Trinajstić information content (AvgIpc) is 2.54. The Labute approximate surface area is 124 Å². The number of carbonyl (C=O) groups excluding carboxylic acids is 2. The van der Waals surface area contributed by atoms with E-state index in [-0.39, 0.29) is 0 Å². The summed E-state index contributed by atoms with van der Waals surface area (Å²) in [5.74, 6) is -0.392. The normalized spacial score (nSPS) is 10.0. The molecule has 0 saturated carbocycles. The number of hydrogen-bond acceptors (Lipinski definition) is 3. The van der Waals surface area contributed by atoms with E-state index in [1.165, 1.54) is 4.90 Å². The molecule has 0 radical (unpaired) electrons. The van der Waals surface area contributed by atoms with Crippen molar-refractivity contribution in [3.05, 3.63) is 65.7 Å². The number of Topliss-reactive ketones (excluding diaryl/α,β-unsaturated/α-hetero) is 1. The zero-order valence-electron chi connectivity index (χ0n) is 12.1. The van der Waals surface area contributed by atoms with Crippen molar-refractivity contribution in [1.82, 2.24) is 4.90 Å². The first-order valence-electron chi connectivity index (χ1n) is 6.59. The predicted molar refractivity (Wildman–Crippen MR) is 80.2 cm³/mol. The van der Waals surface area contributed by atoms with Gasteiger partial charge < -0.3 is 9.64 Å². The van der Waals surface area contributed by atoms with Crippen LogP contribution in [0, 0.1) is 0 Å². The number of carbonyl (C=O) groups is 2. The molecular formula is C17H17NO3. The summed E-state index contributed by atoms with van der Waals surface area (Å²) in [6, 6.07) is 16.1. The Balaban J connectivity index is 2.05. The average molecular weight is 283 g/mol. The number of benzene rings is 2. The first-order chi connectivity index (χ1) is 10.1. The minimum atomic E-state index is -0.524. The van der Waals surface area contributed by atoms with Gasteiger partial charge in [0.05, 0.1) is 7.11 Å². The molecule has 108 valence electrons. The third kappa shape index (κ3) is 3.69. The maximum atomic E-state index is 12.1. The molecule has 2 aromatic carbocycles. The number of nitrogens with zero attached hydrogens (tertiary/aromatic N) is 1. The number of ketones is 1. The van der Waals surface area contributed by atoms with E-state index in [0.29, 0.717) is 17.9 Å². The maximum absolute atomic E-state index is 12.1. The van der Waals surface area contributed by atoms with Gasteiger partial charge in [0.2, 0.25) is 5.78 Å². The lowest BCUT2D eigenvalue weighted by molar-refractivity contribution is -0.125. The van der Waals surface area contributed by atoms with Crippen LogP contribution in [0.25, 0.3) is 0 Å². The van der Waals surface area contributed by atoms with E-state index in [1.54, 1.807) is 38.4 Å². The van der Waals surface area contributed by atoms with E-state index in [9.17, 15) is 9.59 Å². The Morgan fingerprint density at radius 1 is 1.00 bits per heavy atom. The second-order valence-electron chi connectivity index (χ2n) is 4.70. The van der Waals surface area contributed by atoms with Gasteiger partial charge in [-0.2, -0.15) is 0 Å². The van der Waals surface area contributed by atoms with Crippen LogP contribution in [0.5, 0.6) is 5.75 Å². The van der Waals surface area contributed by atoms with E-state index < -0.39 is 11.7 Å². The molecule has 0 spiro atoms. The van der Waals surface area contributed by atoms with Gasteiger partial charge in [-0.1, -0.05) is 30.3 Å². The quantitative estimate of drug-likeness (QED) is 0.626. The lowest BCUT2D eigenvalue weighted by atomic mass is 10.1. The molecule has 4 heteroatoms. The Morgan fingerprint density at radius 2 is 1.62 bits per heavy atom. The van der Waals surface area contributed by atoms with Gasteiger partial charge in [-0.15, -0.1) is 0 Å². The Hall–Kier alpha value is -2.62. The monoisotopic (exact) mass is 283 g/mol. The summed E-state index contributed by atoms with van der Waals surface area (Å²) in [6.45, 7) is 0.404. The Morgan fingerprint density at radius 3 is 2.19 bits per heavy atom. The summed E-state index contributed by atoms with van der Waals surface area (Å²) >= 11 is 0. The van der Waals surface area contributed by atoms with Crippen LogP contribution in [0.4, 0.5) is 0 Å². The number of amides is 1. The Kier molecular flexibility index (Phi) is 4.72. The third-order valence-corrected chi connectivity index (χ3v) is 3.16. The minimum absolute atomic E-state index is 0.362. The van der Waals surface area contributed by atoms with Crippen LogP contribution in [0.3, 0.4) is 0 Å². The van der Waals surface area contributed by atoms with Crippen LogP contribution in [0.15, 0.2) is 54.6 Å². The molecule has 1 amide bonds. The highest BCUT2D eigenvalue weighted by atomic mass is 16.5. The highest BCUT2D eigenvalue weighted by Crippen LogP contribution is 2.13. The molecule has 2 aromatic rings. The van der Waals surface area contributed by atoms with Crippen molar-refractivity contribution in [2.45, 2.75) is 6.54 Å². The van der Waals surface area contributed by atoms with Crippen molar-refractivity contribution in [3.8, 4) is 5.75 Å². The molecule has 0 atom stereocenters. The molecule has 0 aliphatic heterocycles. The standard InChI is InChI=1S/C17H17NO3/c1-18(12-13-6-4-3-5-7-13)17(20)16(19)14-8-10-15(21-2)11-9-14/h3-11H,12H2,1-2H3.